The molecule has 6 heteroatoms. The predicted octanol–water partition coefficient (Wildman–Crippen LogP) is 8.95. The Morgan fingerprint density at radius 2 is 1.51 bits per heavy atom. The van der Waals surface area contributed by atoms with Gasteiger partial charge in [-0.3, -0.25) is 0 Å². The lowest BCUT2D eigenvalue weighted by atomic mass is 9.76. The molecule has 2 unspecified atom stereocenters. The lowest BCUT2D eigenvalue weighted by Gasteiger charge is -2.33. The molecule has 0 amide bonds. The van der Waals surface area contributed by atoms with Crippen LogP contribution in [0.25, 0.3) is 0 Å². The third-order valence-corrected chi connectivity index (χ3v) is 7.75. The van der Waals surface area contributed by atoms with Gasteiger partial charge in [-0.25, -0.2) is 4.39 Å². The molecule has 2 aliphatic rings. The summed E-state index contributed by atoms with van der Waals surface area (Å²) in [7, 11) is 0. The number of ether oxygens (including phenoxy) is 2. The highest BCUT2D eigenvalue weighted by molar-refractivity contribution is 5.40. The van der Waals surface area contributed by atoms with Crippen molar-refractivity contribution in [3.8, 4) is 5.75 Å². The Morgan fingerprint density at radius 1 is 0.857 bits per heavy atom. The van der Waals surface area contributed by atoms with Crippen molar-refractivity contribution >= 4 is 0 Å². The van der Waals surface area contributed by atoms with Gasteiger partial charge in [0.25, 0.3) is 0 Å². The summed E-state index contributed by atoms with van der Waals surface area (Å²) < 4.78 is 69.3. The van der Waals surface area contributed by atoms with E-state index in [-0.39, 0.29) is 29.8 Å². The topological polar surface area (TPSA) is 18.5 Å². The standard InChI is InChI=1S/C29H36F4O2/c1-3-5-19-6-8-20(9-7-19)25-16-15-24(27(28(25)30)29(31,32)33)22-12-17-26(35-18-22)21-10-13-23(14-11-21)34-4-2/h10-11,13-16,19-20,22,26H,3-9,12,17-18H2,1-2H3. The molecule has 0 radical (unpaired) electrons. The number of rotatable bonds is 7. The second-order valence-electron chi connectivity index (χ2n) is 10.0. The maximum absolute atomic E-state index is 15.5. The van der Waals surface area contributed by atoms with E-state index in [4.69, 9.17) is 9.47 Å². The molecule has 1 saturated carbocycles. The van der Waals surface area contributed by atoms with E-state index in [1.807, 2.05) is 31.2 Å². The van der Waals surface area contributed by atoms with Gasteiger partial charge in [0, 0.05) is 5.92 Å². The summed E-state index contributed by atoms with van der Waals surface area (Å²) in [6.07, 6.45) is 1.88. The van der Waals surface area contributed by atoms with Crippen molar-refractivity contribution in [2.75, 3.05) is 13.2 Å². The van der Waals surface area contributed by atoms with Crippen LogP contribution in [0.2, 0.25) is 0 Å². The van der Waals surface area contributed by atoms with Crippen LogP contribution in [0.5, 0.6) is 5.75 Å². The van der Waals surface area contributed by atoms with E-state index in [1.165, 1.54) is 6.07 Å². The van der Waals surface area contributed by atoms with Gasteiger partial charge in [-0.1, -0.05) is 44.0 Å². The zero-order chi connectivity index (χ0) is 25.0. The third kappa shape index (κ3) is 6.02. The van der Waals surface area contributed by atoms with Crippen LogP contribution in [0.15, 0.2) is 36.4 Å². The number of hydrogen-bond donors (Lipinski definition) is 0. The Balaban J connectivity index is 1.49. The third-order valence-electron chi connectivity index (χ3n) is 7.75. The van der Waals surface area contributed by atoms with Gasteiger partial charge < -0.3 is 9.47 Å². The molecule has 4 rings (SSSR count). The summed E-state index contributed by atoms with van der Waals surface area (Å²) in [5, 5.41) is 0. The smallest absolute Gasteiger partial charge is 0.419 e. The van der Waals surface area contributed by atoms with Gasteiger partial charge >= 0.3 is 6.18 Å². The summed E-state index contributed by atoms with van der Waals surface area (Å²) >= 11 is 0. The Hall–Kier alpha value is -2.08. The molecule has 0 bridgehead atoms. The number of benzene rings is 2. The summed E-state index contributed by atoms with van der Waals surface area (Å²) in [6, 6.07) is 10.7. The quantitative estimate of drug-likeness (QED) is 0.359. The van der Waals surface area contributed by atoms with Gasteiger partial charge in [-0.2, -0.15) is 13.2 Å². The average Bonchev–Trinajstić information content (AvgIpc) is 2.85. The molecule has 2 atom stereocenters. The zero-order valence-corrected chi connectivity index (χ0v) is 20.7. The van der Waals surface area contributed by atoms with Crippen LogP contribution in [0.4, 0.5) is 17.6 Å². The van der Waals surface area contributed by atoms with Gasteiger partial charge in [0.1, 0.15) is 11.6 Å². The number of hydrogen-bond acceptors (Lipinski definition) is 2. The Morgan fingerprint density at radius 3 is 2.09 bits per heavy atom. The second kappa shape index (κ2) is 11.3. The molecule has 2 aromatic rings. The lowest BCUT2D eigenvalue weighted by molar-refractivity contribution is -0.141. The van der Waals surface area contributed by atoms with Crippen LogP contribution in [-0.4, -0.2) is 13.2 Å². The Bertz CT molecular complexity index is 954. The zero-order valence-electron chi connectivity index (χ0n) is 20.7. The summed E-state index contributed by atoms with van der Waals surface area (Å²) in [6.45, 7) is 4.79. The second-order valence-corrected chi connectivity index (χ2v) is 10.0. The monoisotopic (exact) mass is 492 g/mol. The van der Waals surface area contributed by atoms with Gasteiger partial charge in [0.05, 0.1) is 24.9 Å². The highest BCUT2D eigenvalue weighted by Crippen LogP contribution is 2.46. The summed E-state index contributed by atoms with van der Waals surface area (Å²) in [5.74, 6) is -0.292. The van der Waals surface area contributed by atoms with Crippen LogP contribution in [0, 0.1) is 11.7 Å². The van der Waals surface area contributed by atoms with E-state index >= 15 is 4.39 Å². The fourth-order valence-electron chi connectivity index (χ4n) is 5.93. The highest BCUT2D eigenvalue weighted by Gasteiger charge is 2.41. The van der Waals surface area contributed by atoms with E-state index in [0.717, 1.165) is 49.8 Å². The van der Waals surface area contributed by atoms with Crippen molar-refractivity contribution in [3.63, 3.8) is 0 Å². The van der Waals surface area contributed by atoms with Crippen LogP contribution < -0.4 is 4.74 Å². The van der Waals surface area contributed by atoms with E-state index in [1.54, 1.807) is 6.07 Å². The van der Waals surface area contributed by atoms with Crippen LogP contribution in [-0.2, 0) is 10.9 Å². The highest BCUT2D eigenvalue weighted by atomic mass is 19.4. The normalized spacial score (nSPS) is 25.4. The fraction of sp³-hybridized carbons (Fsp3) is 0.586. The van der Waals surface area contributed by atoms with Crippen molar-refractivity contribution in [1.29, 1.82) is 0 Å². The maximum Gasteiger partial charge on any atom is 0.419 e. The summed E-state index contributed by atoms with van der Waals surface area (Å²) in [5.41, 5.74) is 0.158. The largest absolute Gasteiger partial charge is 0.494 e. The molecule has 2 aromatic carbocycles. The van der Waals surface area contributed by atoms with E-state index in [2.05, 4.69) is 6.92 Å². The molecule has 192 valence electrons. The van der Waals surface area contributed by atoms with Gasteiger partial charge in [0.2, 0.25) is 0 Å². The van der Waals surface area contributed by atoms with E-state index < -0.39 is 23.5 Å². The van der Waals surface area contributed by atoms with Gasteiger partial charge in [-0.15, -0.1) is 0 Å². The molecule has 2 fully saturated rings. The molecule has 0 spiro atoms. The fourth-order valence-corrected chi connectivity index (χ4v) is 5.93. The molecule has 1 aliphatic carbocycles. The molecule has 35 heavy (non-hydrogen) atoms. The van der Waals surface area contributed by atoms with E-state index in [9.17, 15) is 13.2 Å². The molecule has 1 saturated heterocycles. The van der Waals surface area contributed by atoms with Crippen molar-refractivity contribution in [2.45, 2.75) is 89.3 Å². The van der Waals surface area contributed by atoms with Crippen molar-refractivity contribution in [2.24, 2.45) is 5.92 Å². The Labute approximate surface area is 206 Å². The van der Waals surface area contributed by atoms with Crippen LogP contribution in [0.3, 0.4) is 0 Å². The van der Waals surface area contributed by atoms with Crippen LogP contribution >= 0.6 is 0 Å². The minimum Gasteiger partial charge on any atom is -0.494 e. The van der Waals surface area contributed by atoms with Gasteiger partial charge in [0.15, 0.2) is 0 Å². The molecule has 0 aromatic heterocycles. The molecule has 0 N–H and O–H groups in total. The average molecular weight is 493 g/mol. The molecule has 1 aliphatic heterocycles. The van der Waals surface area contributed by atoms with Gasteiger partial charge in [-0.05, 0) is 86.1 Å². The first-order chi connectivity index (χ1) is 16.8. The number of alkyl halides is 3. The van der Waals surface area contributed by atoms with Crippen molar-refractivity contribution in [1.82, 2.24) is 0 Å². The predicted molar refractivity (Wildman–Crippen MR) is 129 cm³/mol. The molecular formula is C29H36F4O2. The molecule has 2 nitrogen and oxygen atoms in total. The summed E-state index contributed by atoms with van der Waals surface area (Å²) in [4.78, 5) is 0. The lowest BCUT2D eigenvalue weighted by Crippen LogP contribution is -2.24. The molecule has 1 heterocycles. The SMILES string of the molecule is CCCC1CCC(c2ccc(C3CCC(c4ccc(OCC)cc4)OC3)c(C(F)(F)F)c2F)CC1. The molecular weight excluding hydrogens is 456 g/mol. The Kier molecular flexibility index (Phi) is 8.41. The minimum absolute atomic E-state index is 0.0311. The van der Waals surface area contributed by atoms with Crippen molar-refractivity contribution in [3.05, 3.63) is 64.5 Å². The van der Waals surface area contributed by atoms with E-state index in [0.29, 0.717) is 25.4 Å². The first-order valence-electron chi connectivity index (χ1n) is 13.1. The maximum atomic E-state index is 15.5. The van der Waals surface area contributed by atoms with Crippen molar-refractivity contribution < 1.29 is 27.0 Å². The minimum atomic E-state index is -4.74. The first kappa shape index (κ1) is 26.0. The number of halogens is 4. The first-order valence-corrected chi connectivity index (χ1v) is 13.1. The van der Waals surface area contributed by atoms with Crippen LogP contribution in [0.1, 0.15) is 105 Å².